The third kappa shape index (κ3) is 6.47. The van der Waals surface area contributed by atoms with Gasteiger partial charge in [0.2, 0.25) is 0 Å². The summed E-state index contributed by atoms with van der Waals surface area (Å²) in [6.07, 6.45) is 8.48. The minimum atomic E-state index is -1.20. The van der Waals surface area contributed by atoms with Gasteiger partial charge in [-0.15, -0.1) is 0 Å². The Bertz CT molecular complexity index is 1380. The van der Waals surface area contributed by atoms with Gasteiger partial charge in [-0.1, -0.05) is 66.9 Å². The molecule has 0 aromatic rings. The Morgan fingerprint density at radius 1 is 1.02 bits per heavy atom. The summed E-state index contributed by atoms with van der Waals surface area (Å²) in [6.45, 7) is 25.6. The van der Waals surface area contributed by atoms with Gasteiger partial charge in [-0.25, -0.2) is 0 Å². The predicted molar refractivity (Wildman–Crippen MR) is 191 cm³/mol. The van der Waals surface area contributed by atoms with E-state index in [1.807, 2.05) is 19.9 Å². The number of esters is 2. The summed E-state index contributed by atoms with van der Waals surface area (Å²) in [5, 5.41) is 0. The van der Waals surface area contributed by atoms with Gasteiger partial charge >= 0.3 is 11.9 Å². The first kappa shape index (κ1) is 38.1. The Morgan fingerprint density at radius 2 is 1.71 bits per heavy atom. The van der Waals surface area contributed by atoms with Gasteiger partial charge in [-0.3, -0.25) is 19.2 Å². The molecule has 0 bridgehead atoms. The number of fused-ring (bicyclic) bond motifs is 2. The second-order valence-corrected chi connectivity index (χ2v) is 23.9. The molecule has 4 fully saturated rings. The molecule has 0 heterocycles. The van der Waals surface area contributed by atoms with E-state index in [-0.39, 0.29) is 70.3 Å². The Morgan fingerprint density at radius 3 is 2.35 bits per heavy atom. The molecule has 8 nitrogen and oxygen atoms in total. The van der Waals surface area contributed by atoms with Crippen molar-refractivity contribution in [3.05, 3.63) is 24.3 Å². The largest absolute Gasteiger partial charge is 0.462 e. The van der Waals surface area contributed by atoms with Crippen LogP contribution in [0.4, 0.5) is 0 Å². The van der Waals surface area contributed by atoms with Crippen LogP contribution in [0.2, 0.25) is 25.7 Å². The summed E-state index contributed by atoms with van der Waals surface area (Å²) in [5.74, 6) is -1.02. The van der Waals surface area contributed by atoms with Crippen molar-refractivity contribution in [3.8, 4) is 0 Å². The molecule has 0 aromatic heterocycles. The summed E-state index contributed by atoms with van der Waals surface area (Å²) in [7, 11) is -1.20. The van der Waals surface area contributed by atoms with Crippen molar-refractivity contribution in [2.24, 2.45) is 57.2 Å². The fraction of sp³-hybridized carbons (Fsp3) is 0.800. The highest BCUT2D eigenvalue weighted by molar-refractivity contribution is 6.76. The topological polar surface area (TPSA) is 105 Å². The highest BCUT2D eigenvalue weighted by Gasteiger charge is 2.81. The second-order valence-electron chi connectivity index (χ2n) is 18.2. The van der Waals surface area contributed by atoms with Gasteiger partial charge in [-0.05, 0) is 89.7 Å². The van der Waals surface area contributed by atoms with Gasteiger partial charge < -0.3 is 18.9 Å². The third-order valence-electron chi connectivity index (χ3n) is 14.4. The van der Waals surface area contributed by atoms with E-state index in [9.17, 15) is 19.2 Å². The number of hydrogen-bond acceptors (Lipinski definition) is 8. The van der Waals surface area contributed by atoms with Gasteiger partial charge in [0, 0.05) is 52.2 Å². The average Bonchev–Trinajstić information content (AvgIpc) is 3.61. The van der Waals surface area contributed by atoms with E-state index < -0.39 is 32.2 Å². The first-order valence-corrected chi connectivity index (χ1v) is 22.4. The monoisotopic (exact) mass is 698 g/mol. The Hall–Kier alpha value is -2.10. The molecule has 0 aromatic carbocycles. The molecule has 5 aliphatic rings. The van der Waals surface area contributed by atoms with Crippen molar-refractivity contribution in [2.75, 3.05) is 20.0 Å². The van der Waals surface area contributed by atoms with Crippen LogP contribution in [0.15, 0.2) is 24.3 Å². The van der Waals surface area contributed by atoms with Crippen molar-refractivity contribution in [1.82, 2.24) is 0 Å². The van der Waals surface area contributed by atoms with Gasteiger partial charge in [0.15, 0.2) is 17.7 Å². The summed E-state index contributed by atoms with van der Waals surface area (Å²) in [6, 6.07) is 1.05. The van der Waals surface area contributed by atoms with E-state index in [1.54, 1.807) is 0 Å². The zero-order chi connectivity index (χ0) is 36.3. The number of carbonyl (C=O) groups excluding carboxylic acids is 4. The molecule has 0 aliphatic heterocycles. The van der Waals surface area contributed by atoms with Crippen LogP contribution in [-0.2, 0) is 38.1 Å². The van der Waals surface area contributed by atoms with Crippen molar-refractivity contribution < 1.29 is 38.1 Å². The second kappa shape index (κ2) is 13.5. The fourth-order valence-electron chi connectivity index (χ4n) is 11.7. The Balaban J connectivity index is 1.37. The number of Topliss-reactive ketones (excluding diaryl/α,β-unsaturated/α-hetero) is 1. The molecule has 0 radical (unpaired) electrons. The molecular weight excluding hydrogens is 637 g/mol. The maximum atomic E-state index is 14.2. The lowest BCUT2D eigenvalue weighted by atomic mass is 9.43. The van der Waals surface area contributed by atoms with E-state index in [2.05, 4.69) is 53.1 Å². The summed E-state index contributed by atoms with van der Waals surface area (Å²) < 4.78 is 23.5. The molecule has 274 valence electrons. The maximum absolute atomic E-state index is 14.2. The van der Waals surface area contributed by atoms with Crippen LogP contribution in [0.1, 0.15) is 87.0 Å². The van der Waals surface area contributed by atoms with Crippen LogP contribution in [0.3, 0.4) is 0 Å². The van der Waals surface area contributed by atoms with Crippen LogP contribution in [0.25, 0.3) is 0 Å². The molecule has 9 heteroatoms. The molecule has 5 aliphatic carbocycles. The highest BCUT2D eigenvalue weighted by atomic mass is 28.3. The zero-order valence-corrected chi connectivity index (χ0v) is 32.8. The molecule has 2 spiro atoms. The highest BCUT2D eigenvalue weighted by Crippen LogP contribution is 2.87. The number of ether oxygens (including phenoxy) is 4. The third-order valence-corrected chi connectivity index (χ3v) is 16.1. The number of rotatable bonds is 14. The fourth-order valence-corrected chi connectivity index (χ4v) is 12.4. The summed E-state index contributed by atoms with van der Waals surface area (Å²) in [5.41, 5.74) is 0.112. The van der Waals surface area contributed by atoms with Gasteiger partial charge in [0.25, 0.3) is 0 Å². The lowest BCUT2D eigenvalue weighted by Crippen LogP contribution is -2.56. The minimum Gasteiger partial charge on any atom is -0.462 e. The summed E-state index contributed by atoms with van der Waals surface area (Å²) in [4.78, 5) is 52.1. The zero-order valence-electron chi connectivity index (χ0n) is 31.8. The van der Waals surface area contributed by atoms with Crippen LogP contribution in [0.5, 0.6) is 0 Å². The van der Waals surface area contributed by atoms with E-state index in [4.69, 9.17) is 18.9 Å². The van der Waals surface area contributed by atoms with Crippen LogP contribution < -0.4 is 0 Å². The first-order chi connectivity index (χ1) is 22.7. The summed E-state index contributed by atoms with van der Waals surface area (Å²) >= 11 is 0. The van der Waals surface area contributed by atoms with E-state index >= 15 is 0 Å². The van der Waals surface area contributed by atoms with Crippen molar-refractivity contribution >= 4 is 31.6 Å². The van der Waals surface area contributed by atoms with E-state index in [1.165, 1.54) is 13.8 Å². The lowest BCUT2D eigenvalue weighted by Gasteiger charge is -2.61. The van der Waals surface area contributed by atoms with Crippen molar-refractivity contribution in [2.45, 2.75) is 125 Å². The number of allylic oxidation sites excluding steroid dienone is 2. The molecule has 49 heavy (non-hydrogen) atoms. The van der Waals surface area contributed by atoms with E-state index in [0.717, 1.165) is 38.1 Å². The molecule has 2 unspecified atom stereocenters. The molecule has 0 N–H and O–H groups in total. The number of hydrogen-bond donors (Lipinski definition) is 0. The standard InChI is InChI=1S/C40H62O8Si/c1-24(21-46-23-45-18-19-49(9,10)11)25(2)35(44)36(48-29(6)42)27(4)34-32(47-28(5)41)20-38(8)33-13-12-30-26(3)31(43)14-15-39(30)22-40(33,39)17-16-37(34,38)7/h14-15,24,26-27,30,32-34,36H,2,12-13,16-23H2,1,3-11H3/t24-,26-,27-,30?,32-,33?,34-,36+,37+,38-,39+,40-/m0/s1. The first-order valence-electron chi connectivity index (χ1n) is 18.7. The Kier molecular flexibility index (Phi) is 10.5. The van der Waals surface area contributed by atoms with Crippen LogP contribution in [0, 0.1) is 57.2 Å². The van der Waals surface area contributed by atoms with E-state index in [0.29, 0.717) is 30.4 Å². The smallest absolute Gasteiger partial charge is 0.303 e. The quantitative estimate of drug-likeness (QED) is 0.0601. The molecule has 4 saturated carbocycles. The maximum Gasteiger partial charge on any atom is 0.303 e. The molecule has 12 atom stereocenters. The van der Waals surface area contributed by atoms with Crippen molar-refractivity contribution in [1.29, 1.82) is 0 Å². The SMILES string of the molecule is C=C(C(=O)[C@H](OC(C)=O)[C@@H](C)[C@H]1[C@@H](OC(C)=O)C[C@@]2(C)C3CCC4[C@H](C)C(=O)C=C[C@@]45C[C@@]35CC[C@]12C)[C@@H](C)COCOCC[Si](C)(C)C. The van der Waals surface area contributed by atoms with Crippen LogP contribution >= 0.6 is 0 Å². The number of ketones is 2. The number of carbonyl (C=O) groups is 4. The predicted octanol–water partition coefficient (Wildman–Crippen LogP) is 7.58. The van der Waals surface area contributed by atoms with Crippen LogP contribution in [-0.4, -0.2) is 63.8 Å². The molecule has 0 saturated heterocycles. The van der Waals surface area contributed by atoms with Gasteiger partial charge in [0.1, 0.15) is 12.9 Å². The van der Waals surface area contributed by atoms with Gasteiger partial charge in [-0.2, -0.15) is 0 Å². The normalized spacial score (nSPS) is 39.4. The van der Waals surface area contributed by atoms with Crippen molar-refractivity contribution in [3.63, 3.8) is 0 Å². The molecular formula is C40H62O8Si. The molecule has 5 rings (SSSR count). The Labute approximate surface area is 295 Å². The lowest BCUT2D eigenvalue weighted by molar-refractivity contribution is -0.166. The van der Waals surface area contributed by atoms with Gasteiger partial charge in [0.05, 0.1) is 6.61 Å². The molecule has 0 amide bonds. The minimum absolute atomic E-state index is 0.0514. The average molecular weight is 699 g/mol.